The van der Waals surface area contributed by atoms with Crippen molar-refractivity contribution >= 4 is 5.97 Å². The lowest BCUT2D eigenvalue weighted by atomic mass is 9.71. The molecule has 1 N–H and O–H groups in total. The summed E-state index contributed by atoms with van der Waals surface area (Å²) in [6, 6.07) is 0. The number of esters is 1. The summed E-state index contributed by atoms with van der Waals surface area (Å²) >= 11 is 0. The van der Waals surface area contributed by atoms with Crippen LogP contribution in [-0.2, 0) is 9.53 Å². The van der Waals surface area contributed by atoms with Gasteiger partial charge in [-0.2, -0.15) is 0 Å². The van der Waals surface area contributed by atoms with Crippen molar-refractivity contribution in [3.05, 3.63) is 0 Å². The largest absolute Gasteiger partial charge is 0.469 e. The average molecular weight is 227 g/mol. The van der Waals surface area contributed by atoms with Gasteiger partial charge in [0.15, 0.2) is 0 Å². The topological polar surface area (TPSA) is 38.3 Å². The molecule has 0 aromatic rings. The molecule has 0 aromatic carbocycles. The summed E-state index contributed by atoms with van der Waals surface area (Å²) in [4.78, 5) is 11.6. The highest BCUT2D eigenvalue weighted by atomic mass is 16.5. The van der Waals surface area contributed by atoms with E-state index in [4.69, 9.17) is 4.74 Å². The smallest absolute Gasteiger partial charge is 0.308 e. The third-order valence-corrected chi connectivity index (χ3v) is 3.50. The molecule has 1 aliphatic rings. The van der Waals surface area contributed by atoms with Gasteiger partial charge in [-0.25, -0.2) is 0 Å². The first kappa shape index (κ1) is 13.5. The molecule has 0 aliphatic carbocycles. The molecular weight excluding hydrogens is 202 g/mol. The lowest BCUT2D eigenvalue weighted by Crippen LogP contribution is -2.59. The average Bonchev–Trinajstić information content (AvgIpc) is 2.10. The van der Waals surface area contributed by atoms with Crippen molar-refractivity contribution in [2.24, 2.45) is 11.8 Å². The zero-order valence-corrected chi connectivity index (χ0v) is 11.4. The number of hydrogen-bond acceptors (Lipinski definition) is 3. The maximum Gasteiger partial charge on any atom is 0.308 e. The van der Waals surface area contributed by atoms with Crippen LogP contribution in [-0.4, -0.2) is 24.2 Å². The van der Waals surface area contributed by atoms with Crippen molar-refractivity contribution in [2.75, 3.05) is 7.11 Å². The molecular formula is C13H25NO2. The Bertz CT molecular complexity index is 255. The van der Waals surface area contributed by atoms with Gasteiger partial charge in [-0.15, -0.1) is 0 Å². The lowest BCUT2D eigenvalue weighted by molar-refractivity contribution is -0.147. The molecule has 1 rings (SSSR count). The van der Waals surface area contributed by atoms with Gasteiger partial charge in [0.1, 0.15) is 0 Å². The quantitative estimate of drug-likeness (QED) is 0.736. The van der Waals surface area contributed by atoms with Crippen molar-refractivity contribution in [3.8, 4) is 0 Å². The number of piperidine rings is 1. The highest BCUT2D eigenvalue weighted by Gasteiger charge is 2.41. The van der Waals surface area contributed by atoms with Crippen LogP contribution in [0.3, 0.4) is 0 Å². The van der Waals surface area contributed by atoms with Gasteiger partial charge >= 0.3 is 5.97 Å². The van der Waals surface area contributed by atoms with Gasteiger partial charge in [0.2, 0.25) is 0 Å². The fourth-order valence-electron chi connectivity index (χ4n) is 3.13. The van der Waals surface area contributed by atoms with E-state index in [0.717, 1.165) is 12.8 Å². The molecule has 0 amide bonds. The summed E-state index contributed by atoms with van der Waals surface area (Å²) in [5, 5.41) is 3.62. The zero-order chi connectivity index (χ0) is 12.6. The molecule has 1 aliphatic heterocycles. The van der Waals surface area contributed by atoms with E-state index in [1.165, 1.54) is 7.11 Å². The second-order valence-corrected chi connectivity index (χ2v) is 6.37. The molecule has 1 saturated heterocycles. The molecule has 1 fully saturated rings. The highest BCUT2D eigenvalue weighted by Crippen LogP contribution is 2.37. The Hall–Kier alpha value is -0.570. The Kier molecular flexibility index (Phi) is 3.68. The van der Waals surface area contributed by atoms with Crippen molar-refractivity contribution in [1.29, 1.82) is 0 Å². The first-order chi connectivity index (χ1) is 7.17. The van der Waals surface area contributed by atoms with Gasteiger partial charge in [-0.1, -0.05) is 6.92 Å². The van der Waals surface area contributed by atoms with Crippen LogP contribution in [0.2, 0.25) is 0 Å². The summed E-state index contributed by atoms with van der Waals surface area (Å²) < 4.78 is 4.84. The minimum atomic E-state index is -0.0847. The van der Waals surface area contributed by atoms with Crippen LogP contribution in [0.15, 0.2) is 0 Å². The molecule has 0 bridgehead atoms. The van der Waals surface area contributed by atoms with Crippen LogP contribution in [0.5, 0.6) is 0 Å². The molecule has 3 heteroatoms. The lowest BCUT2D eigenvalue weighted by Gasteiger charge is -2.47. The Morgan fingerprint density at radius 1 is 1.25 bits per heavy atom. The minimum Gasteiger partial charge on any atom is -0.469 e. The van der Waals surface area contributed by atoms with Crippen LogP contribution < -0.4 is 5.32 Å². The zero-order valence-electron chi connectivity index (χ0n) is 11.4. The molecule has 1 atom stereocenters. The van der Waals surface area contributed by atoms with E-state index in [1.54, 1.807) is 0 Å². The molecule has 1 unspecified atom stereocenters. The summed E-state index contributed by atoms with van der Waals surface area (Å²) in [6.07, 6.45) is 2.04. The van der Waals surface area contributed by atoms with E-state index in [9.17, 15) is 4.79 Å². The molecule has 3 nitrogen and oxygen atoms in total. The van der Waals surface area contributed by atoms with E-state index < -0.39 is 0 Å². The number of ether oxygens (including phenoxy) is 1. The number of carbonyl (C=O) groups excluding carboxylic acids is 1. The number of carbonyl (C=O) groups is 1. The van der Waals surface area contributed by atoms with Crippen LogP contribution in [0.4, 0.5) is 0 Å². The molecule has 0 spiro atoms. The van der Waals surface area contributed by atoms with E-state index in [-0.39, 0.29) is 23.0 Å². The molecule has 0 radical (unpaired) electrons. The van der Waals surface area contributed by atoms with Gasteiger partial charge < -0.3 is 10.1 Å². The van der Waals surface area contributed by atoms with Gasteiger partial charge in [-0.3, -0.25) is 4.79 Å². The first-order valence-electron chi connectivity index (χ1n) is 6.04. The van der Waals surface area contributed by atoms with Crippen molar-refractivity contribution in [1.82, 2.24) is 5.32 Å². The van der Waals surface area contributed by atoms with Gasteiger partial charge in [0.25, 0.3) is 0 Å². The fraction of sp³-hybridized carbons (Fsp3) is 0.923. The van der Waals surface area contributed by atoms with Gasteiger partial charge in [0.05, 0.1) is 13.0 Å². The van der Waals surface area contributed by atoms with Crippen LogP contribution in [0.1, 0.15) is 47.5 Å². The van der Waals surface area contributed by atoms with Crippen molar-refractivity contribution in [3.63, 3.8) is 0 Å². The number of methoxy groups -OCH3 is 1. The van der Waals surface area contributed by atoms with Crippen molar-refractivity contribution in [2.45, 2.75) is 58.5 Å². The Balaban J connectivity index is 2.78. The highest BCUT2D eigenvalue weighted by molar-refractivity contribution is 5.72. The minimum absolute atomic E-state index is 0.00866. The summed E-state index contributed by atoms with van der Waals surface area (Å²) in [6.45, 7) is 10.8. The molecule has 94 valence electrons. The van der Waals surface area contributed by atoms with Crippen LogP contribution >= 0.6 is 0 Å². The Morgan fingerprint density at radius 2 is 1.69 bits per heavy atom. The van der Waals surface area contributed by atoms with Crippen LogP contribution in [0, 0.1) is 11.8 Å². The SMILES string of the molecule is COC(=O)C(C)C1CC(C)(C)NC(C)(C)C1. The van der Waals surface area contributed by atoms with Gasteiger partial charge in [0, 0.05) is 11.1 Å². The van der Waals surface area contributed by atoms with E-state index in [1.807, 2.05) is 6.92 Å². The summed E-state index contributed by atoms with van der Waals surface area (Å²) in [5.74, 6) is 0.308. The predicted octanol–water partition coefficient (Wildman–Crippen LogP) is 2.35. The molecule has 16 heavy (non-hydrogen) atoms. The monoisotopic (exact) mass is 227 g/mol. The van der Waals surface area contributed by atoms with E-state index in [0.29, 0.717) is 5.92 Å². The predicted molar refractivity (Wildman–Crippen MR) is 65.2 cm³/mol. The summed E-state index contributed by atoms with van der Waals surface area (Å²) in [5.41, 5.74) is 0.184. The Labute approximate surface area is 98.9 Å². The third-order valence-electron chi connectivity index (χ3n) is 3.50. The number of rotatable bonds is 2. The standard InChI is InChI=1S/C13H25NO2/c1-9(11(15)16-6)10-7-12(2,3)14-13(4,5)8-10/h9-10,14H,7-8H2,1-6H3. The second kappa shape index (κ2) is 4.36. The fourth-order valence-corrected chi connectivity index (χ4v) is 3.13. The molecule has 1 heterocycles. The third kappa shape index (κ3) is 3.21. The number of nitrogens with one attached hydrogen (secondary N) is 1. The summed E-state index contributed by atoms with van der Waals surface area (Å²) in [7, 11) is 1.47. The molecule has 0 aromatic heterocycles. The van der Waals surface area contributed by atoms with Crippen LogP contribution in [0.25, 0.3) is 0 Å². The van der Waals surface area contributed by atoms with E-state index >= 15 is 0 Å². The maximum absolute atomic E-state index is 11.6. The second-order valence-electron chi connectivity index (χ2n) is 6.37. The van der Waals surface area contributed by atoms with E-state index in [2.05, 4.69) is 33.0 Å². The molecule has 0 saturated carbocycles. The number of hydrogen-bond donors (Lipinski definition) is 1. The first-order valence-corrected chi connectivity index (χ1v) is 6.04. The maximum atomic E-state index is 11.6. The normalized spacial score (nSPS) is 26.1. The van der Waals surface area contributed by atoms with Gasteiger partial charge in [-0.05, 0) is 46.5 Å². The van der Waals surface area contributed by atoms with Crippen molar-refractivity contribution < 1.29 is 9.53 Å². The Morgan fingerprint density at radius 3 is 2.06 bits per heavy atom.